The van der Waals surface area contributed by atoms with E-state index in [1.165, 1.54) is 27.4 Å². The van der Waals surface area contributed by atoms with Crippen LogP contribution in [0.1, 0.15) is 54.7 Å². The molecule has 0 aromatic heterocycles. The van der Waals surface area contributed by atoms with E-state index >= 15 is 0 Å². The number of aliphatic hydroxyl groups excluding tert-OH is 1. The highest BCUT2D eigenvalue weighted by atomic mass is 35.5. The summed E-state index contributed by atoms with van der Waals surface area (Å²) < 4.78 is 29.0. The number of hydrogen-bond donors (Lipinski definition) is 3. The van der Waals surface area contributed by atoms with Crippen LogP contribution in [0.3, 0.4) is 0 Å². The van der Waals surface area contributed by atoms with Crippen molar-refractivity contribution >= 4 is 50.9 Å². The van der Waals surface area contributed by atoms with Gasteiger partial charge in [0.05, 0.1) is 34.3 Å². The molecule has 0 radical (unpaired) electrons. The Hall–Kier alpha value is -5.08. The summed E-state index contributed by atoms with van der Waals surface area (Å²) in [7, 11) is -4.16. The molecule has 1 fully saturated rings. The molecule has 12 nitrogen and oxygen atoms in total. The Morgan fingerprint density at radius 3 is 2.05 bits per heavy atom. The van der Waals surface area contributed by atoms with Gasteiger partial charge in [-0.1, -0.05) is 124 Å². The standard InChI is InChI=1S/C42H48ClN5O7S/c1-27(2)23-46(56(54,55)33-19-20-34(43)35(44)22-33)25-37(49)36(21-29-11-7-5-8-12-29)45-41(52)39(28(3)4)48-26-38(50)47(42(48)53)24-30-15-17-32(18-16-30)40(51)31-13-9-6-10-14-31/h5-20,22,27-28,36-37,39,49H,21,23-26,44H2,1-4H3,(H,45,52)/t36-,37+,39-/m0/s1. The molecule has 1 aliphatic heterocycles. The highest BCUT2D eigenvalue weighted by Gasteiger charge is 2.44. The number of hydrogen-bond acceptors (Lipinski definition) is 8. The first-order valence-electron chi connectivity index (χ1n) is 18.4. The van der Waals surface area contributed by atoms with Gasteiger partial charge in [0, 0.05) is 24.2 Å². The zero-order chi connectivity index (χ0) is 40.7. The van der Waals surface area contributed by atoms with Gasteiger partial charge in [0.25, 0.3) is 5.91 Å². The third-order valence-electron chi connectivity index (χ3n) is 9.57. The highest BCUT2D eigenvalue weighted by molar-refractivity contribution is 7.89. The van der Waals surface area contributed by atoms with Crippen molar-refractivity contribution in [3.8, 4) is 0 Å². The van der Waals surface area contributed by atoms with Gasteiger partial charge in [-0.05, 0) is 47.6 Å². The van der Waals surface area contributed by atoms with Crippen LogP contribution < -0.4 is 11.1 Å². The third kappa shape index (κ3) is 10.0. The molecule has 4 aromatic carbocycles. The van der Waals surface area contributed by atoms with Crippen LogP contribution in [-0.4, -0.2) is 89.1 Å². The summed E-state index contributed by atoms with van der Waals surface area (Å²) in [6, 6.07) is 25.9. The number of anilines is 1. The Kier molecular flexibility index (Phi) is 13.7. The van der Waals surface area contributed by atoms with Gasteiger partial charge in [0.1, 0.15) is 12.6 Å². The van der Waals surface area contributed by atoms with Crippen molar-refractivity contribution in [3.63, 3.8) is 0 Å². The predicted molar refractivity (Wildman–Crippen MR) is 215 cm³/mol. The first-order valence-corrected chi connectivity index (χ1v) is 20.3. The minimum absolute atomic E-state index is 0.0603. The number of aliphatic hydroxyl groups is 1. The average molecular weight is 802 g/mol. The van der Waals surface area contributed by atoms with Gasteiger partial charge in [0.2, 0.25) is 15.9 Å². The quantitative estimate of drug-likeness (QED) is 0.0727. The van der Waals surface area contributed by atoms with Gasteiger partial charge < -0.3 is 21.1 Å². The van der Waals surface area contributed by atoms with Gasteiger partial charge in [-0.25, -0.2) is 13.2 Å². The fourth-order valence-corrected chi connectivity index (χ4v) is 8.48. The molecule has 4 amide bonds. The Morgan fingerprint density at radius 1 is 0.857 bits per heavy atom. The van der Waals surface area contributed by atoms with Crippen molar-refractivity contribution in [1.82, 2.24) is 19.4 Å². The molecule has 1 saturated heterocycles. The van der Waals surface area contributed by atoms with Crippen LogP contribution in [0.15, 0.2) is 108 Å². The molecule has 296 valence electrons. The molecule has 3 atom stereocenters. The normalized spacial score (nSPS) is 15.1. The Balaban J connectivity index is 1.35. The summed E-state index contributed by atoms with van der Waals surface area (Å²) in [4.78, 5) is 56.5. The van der Waals surface area contributed by atoms with Crippen molar-refractivity contribution in [2.75, 3.05) is 25.4 Å². The number of halogens is 1. The van der Waals surface area contributed by atoms with E-state index in [9.17, 15) is 32.7 Å². The number of nitrogens with zero attached hydrogens (tertiary/aromatic N) is 3. The summed E-state index contributed by atoms with van der Waals surface area (Å²) in [5.41, 5.74) is 8.43. The predicted octanol–water partition coefficient (Wildman–Crippen LogP) is 5.38. The maximum atomic E-state index is 14.2. The lowest BCUT2D eigenvalue weighted by molar-refractivity contribution is -0.129. The number of amides is 4. The molecule has 56 heavy (non-hydrogen) atoms. The van der Waals surface area contributed by atoms with Crippen molar-refractivity contribution in [2.45, 2.75) is 63.7 Å². The molecule has 4 N–H and O–H groups in total. The van der Waals surface area contributed by atoms with Gasteiger partial charge in [0.15, 0.2) is 5.78 Å². The zero-order valence-corrected chi connectivity index (χ0v) is 33.4. The number of imide groups is 1. The SMILES string of the molecule is CC(C)CN(C[C@@H](O)[C@H](Cc1ccccc1)NC(=O)[C@H](C(C)C)N1CC(=O)N(Cc2ccc(C(=O)c3ccccc3)cc2)C1=O)S(=O)(=O)c1ccc(Cl)c(N)c1. The lowest BCUT2D eigenvalue weighted by atomic mass is 9.97. The maximum absolute atomic E-state index is 14.2. The van der Waals surface area contributed by atoms with Crippen molar-refractivity contribution < 1.29 is 32.7 Å². The fraction of sp³-hybridized carbons (Fsp3) is 0.333. The van der Waals surface area contributed by atoms with Crippen LogP contribution in [0.2, 0.25) is 5.02 Å². The minimum Gasteiger partial charge on any atom is -0.397 e. The van der Waals surface area contributed by atoms with Gasteiger partial charge >= 0.3 is 6.03 Å². The number of nitrogens with two attached hydrogens (primary N) is 1. The Bertz CT molecular complexity index is 2130. The molecule has 0 aliphatic carbocycles. The molecule has 1 heterocycles. The number of ketones is 1. The smallest absolute Gasteiger partial charge is 0.328 e. The van der Waals surface area contributed by atoms with Gasteiger partial charge in [-0.2, -0.15) is 4.31 Å². The highest BCUT2D eigenvalue weighted by Crippen LogP contribution is 2.27. The van der Waals surface area contributed by atoms with E-state index in [4.69, 9.17) is 17.3 Å². The number of nitrogens with one attached hydrogen (secondary N) is 1. The summed E-state index contributed by atoms with van der Waals surface area (Å²) in [5.74, 6) is -1.81. The molecular weight excluding hydrogens is 754 g/mol. The van der Waals surface area contributed by atoms with E-state index in [1.54, 1.807) is 62.4 Å². The number of nitrogen functional groups attached to an aromatic ring is 1. The van der Waals surface area contributed by atoms with Crippen molar-refractivity contribution in [2.24, 2.45) is 11.8 Å². The van der Waals surface area contributed by atoms with Crippen LogP contribution in [0, 0.1) is 11.8 Å². The maximum Gasteiger partial charge on any atom is 0.328 e. The van der Waals surface area contributed by atoms with Gasteiger partial charge in [-0.3, -0.25) is 19.3 Å². The first-order chi connectivity index (χ1) is 26.6. The number of sulfonamides is 1. The summed E-state index contributed by atoms with van der Waals surface area (Å²) in [5, 5.41) is 14.9. The number of benzene rings is 4. The molecule has 0 spiro atoms. The number of urea groups is 1. The molecular formula is C42H48ClN5O7S. The molecule has 0 saturated carbocycles. The van der Waals surface area contributed by atoms with Crippen LogP contribution in [0.4, 0.5) is 10.5 Å². The van der Waals surface area contributed by atoms with E-state index in [-0.39, 0.29) is 59.9 Å². The average Bonchev–Trinajstić information content (AvgIpc) is 3.43. The first kappa shape index (κ1) is 42.1. The van der Waals surface area contributed by atoms with Crippen LogP contribution in [0.25, 0.3) is 0 Å². The molecule has 4 aromatic rings. The number of rotatable bonds is 17. The minimum atomic E-state index is -4.16. The molecule has 5 rings (SSSR count). The Labute approximate surface area is 333 Å². The largest absolute Gasteiger partial charge is 0.397 e. The third-order valence-corrected chi connectivity index (χ3v) is 11.7. The summed E-state index contributed by atoms with van der Waals surface area (Å²) in [6.07, 6.45) is -1.25. The van der Waals surface area contributed by atoms with E-state index in [0.717, 1.165) is 10.5 Å². The summed E-state index contributed by atoms with van der Waals surface area (Å²) >= 11 is 6.06. The lowest BCUT2D eigenvalue weighted by Crippen LogP contribution is -2.57. The Morgan fingerprint density at radius 2 is 1.46 bits per heavy atom. The van der Waals surface area contributed by atoms with E-state index in [0.29, 0.717) is 16.7 Å². The second-order valence-electron chi connectivity index (χ2n) is 14.7. The van der Waals surface area contributed by atoms with E-state index in [1.807, 2.05) is 50.2 Å². The van der Waals surface area contributed by atoms with E-state index < -0.39 is 52.0 Å². The fourth-order valence-electron chi connectivity index (χ4n) is 6.70. The molecule has 0 bridgehead atoms. The van der Waals surface area contributed by atoms with Crippen molar-refractivity contribution in [3.05, 3.63) is 130 Å². The summed E-state index contributed by atoms with van der Waals surface area (Å²) in [6.45, 7) is 6.51. The molecule has 0 unspecified atom stereocenters. The zero-order valence-electron chi connectivity index (χ0n) is 31.8. The van der Waals surface area contributed by atoms with Crippen molar-refractivity contribution in [1.29, 1.82) is 0 Å². The van der Waals surface area contributed by atoms with Crippen LogP contribution in [0.5, 0.6) is 0 Å². The van der Waals surface area contributed by atoms with Crippen LogP contribution >= 0.6 is 11.6 Å². The number of carbonyl (C=O) groups is 4. The second-order valence-corrected chi connectivity index (χ2v) is 17.1. The number of carbonyl (C=O) groups excluding carboxylic acids is 4. The second kappa shape index (κ2) is 18.2. The molecule has 14 heteroatoms. The molecule has 1 aliphatic rings. The van der Waals surface area contributed by atoms with E-state index in [2.05, 4.69) is 5.32 Å². The monoisotopic (exact) mass is 801 g/mol. The topological polar surface area (TPSA) is 170 Å². The van der Waals surface area contributed by atoms with Crippen LogP contribution in [-0.2, 0) is 32.6 Å². The lowest BCUT2D eigenvalue weighted by Gasteiger charge is -2.34. The van der Waals surface area contributed by atoms with Gasteiger partial charge in [-0.15, -0.1) is 0 Å².